The molecular formula is C4H8NO2+. The van der Waals surface area contributed by atoms with E-state index in [0.717, 1.165) is 6.54 Å². The van der Waals surface area contributed by atoms with Crippen LogP contribution in [0.2, 0.25) is 0 Å². The summed E-state index contributed by atoms with van der Waals surface area (Å²) < 4.78 is 4.61. The highest BCUT2D eigenvalue weighted by Gasteiger charge is 2.09. The summed E-state index contributed by atoms with van der Waals surface area (Å²) in [6, 6.07) is 0. The molecule has 1 aliphatic rings. The number of carbonyl (C=O) groups excluding carboxylic acids is 1. The smallest absolute Gasteiger partial charge is 0.361 e. The molecule has 0 bridgehead atoms. The maximum atomic E-state index is 10.2. The molecule has 0 aromatic rings. The third-order valence-electron chi connectivity index (χ3n) is 0.896. The van der Waals surface area contributed by atoms with Gasteiger partial charge in [0.05, 0.1) is 0 Å². The highest BCUT2D eigenvalue weighted by molar-refractivity contribution is 5.70. The molecule has 0 atom stereocenters. The summed E-state index contributed by atoms with van der Waals surface area (Å²) in [6.45, 7) is 2.00. The first-order valence-corrected chi connectivity index (χ1v) is 2.37. The predicted molar refractivity (Wildman–Crippen MR) is 22.6 cm³/mol. The van der Waals surface area contributed by atoms with Gasteiger partial charge >= 0.3 is 5.97 Å². The van der Waals surface area contributed by atoms with Crippen LogP contribution in [-0.4, -0.2) is 25.7 Å². The van der Waals surface area contributed by atoms with Crippen LogP contribution < -0.4 is 5.32 Å². The largest absolute Gasteiger partial charge is 0.456 e. The van der Waals surface area contributed by atoms with Gasteiger partial charge in [-0.05, 0) is 0 Å². The average Bonchev–Trinajstić information content (AvgIpc) is 1.69. The Morgan fingerprint density at radius 1 is 1.71 bits per heavy atom. The second-order valence-electron chi connectivity index (χ2n) is 1.50. The van der Waals surface area contributed by atoms with Crippen molar-refractivity contribution >= 4 is 5.97 Å². The number of carbonyl (C=O) groups is 1. The molecule has 0 amide bonds. The van der Waals surface area contributed by atoms with Crippen molar-refractivity contribution in [3.63, 3.8) is 0 Å². The van der Waals surface area contributed by atoms with Crippen molar-refractivity contribution in [2.45, 2.75) is 0 Å². The Hall–Kier alpha value is -0.570. The summed E-state index contributed by atoms with van der Waals surface area (Å²) in [6.07, 6.45) is 0. The van der Waals surface area contributed by atoms with E-state index in [2.05, 4.69) is 4.74 Å². The Bertz CT molecular complexity index is 73.8. The first kappa shape index (κ1) is 4.59. The number of hydrogen-bond acceptors (Lipinski definition) is 2. The maximum Gasteiger partial charge on any atom is 0.361 e. The molecule has 3 heteroatoms. The zero-order chi connectivity index (χ0) is 5.11. The van der Waals surface area contributed by atoms with Crippen LogP contribution in [0, 0.1) is 0 Å². The van der Waals surface area contributed by atoms with Gasteiger partial charge in [-0.25, -0.2) is 4.79 Å². The van der Waals surface area contributed by atoms with Crippen LogP contribution in [0.1, 0.15) is 0 Å². The Balaban J connectivity index is 2.25. The zero-order valence-corrected chi connectivity index (χ0v) is 4.02. The molecule has 1 rings (SSSR count). The van der Waals surface area contributed by atoms with Gasteiger partial charge < -0.3 is 10.1 Å². The summed E-state index contributed by atoms with van der Waals surface area (Å²) in [5.74, 6) is -0.0914. The monoisotopic (exact) mass is 102 g/mol. The van der Waals surface area contributed by atoms with Crippen molar-refractivity contribution in [3.05, 3.63) is 0 Å². The SMILES string of the molecule is O=C1C[NH2+]CCO1. The summed E-state index contributed by atoms with van der Waals surface area (Å²) in [5, 5.41) is 1.94. The average molecular weight is 102 g/mol. The van der Waals surface area contributed by atoms with Crippen LogP contribution in [0.3, 0.4) is 0 Å². The topological polar surface area (TPSA) is 42.9 Å². The quantitative estimate of drug-likeness (QED) is 0.363. The lowest BCUT2D eigenvalue weighted by atomic mass is 10.5. The fourth-order valence-corrected chi connectivity index (χ4v) is 0.535. The normalized spacial score (nSPS) is 21.4. The van der Waals surface area contributed by atoms with Crippen LogP contribution in [-0.2, 0) is 9.53 Å². The Morgan fingerprint density at radius 2 is 2.57 bits per heavy atom. The van der Waals surface area contributed by atoms with Crippen LogP contribution in [0.5, 0.6) is 0 Å². The van der Waals surface area contributed by atoms with E-state index in [-0.39, 0.29) is 5.97 Å². The molecule has 0 aromatic carbocycles. The van der Waals surface area contributed by atoms with Crippen molar-refractivity contribution in [2.75, 3.05) is 19.7 Å². The lowest BCUT2D eigenvalue weighted by molar-refractivity contribution is -0.654. The van der Waals surface area contributed by atoms with Gasteiger partial charge in [0.1, 0.15) is 13.2 Å². The Morgan fingerprint density at radius 3 is 2.86 bits per heavy atom. The Kier molecular flexibility index (Phi) is 1.26. The number of hydrogen-bond donors (Lipinski definition) is 1. The van der Waals surface area contributed by atoms with Crippen molar-refractivity contribution in [2.24, 2.45) is 0 Å². The number of rotatable bonds is 0. The highest BCUT2D eigenvalue weighted by Crippen LogP contribution is 1.73. The van der Waals surface area contributed by atoms with E-state index in [1.165, 1.54) is 0 Å². The molecule has 1 saturated heterocycles. The second kappa shape index (κ2) is 1.93. The van der Waals surface area contributed by atoms with Gasteiger partial charge in [-0.1, -0.05) is 0 Å². The first-order valence-electron chi connectivity index (χ1n) is 2.37. The zero-order valence-electron chi connectivity index (χ0n) is 4.02. The molecule has 0 spiro atoms. The molecule has 3 nitrogen and oxygen atoms in total. The highest BCUT2D eigenvalue weighted by atomic mass is 16.5. The molecule has 7 heavy (non-hydrogen) atoms. The van der Waals surface area contributed by atoms with Crippen LogP contribution in [0.25, 0.3) is 0 Å². The summed E-state index contributed by atoms with van der Waals surface area (Å²) >= 11 is 0. The molecule has 0 radical (unpaired) electrons. The van der Waals surface area contributed by atoms with Gasteiger partial charge in [0, 0.05) is 0 Å². The number of ether oxygens (including phenoxy) is 1. The summed E-state index contributed by atoms with van der Waals surface area (Å²) in [7, 11) is 0. The number of cyclic esters (lactones) is 1. The van der Waals surface area contributed by atoms with Gasteiger partial charge in [-0.3, -0.25) is 0 Å². The number of nitrogens with two attached hydrogens (primary N) is 1. The van der Waals surface area contributed by atoms with E-state index in [4.69, 9.17) is 0 Å². The van der Waals surface area contributed by atoms with Gasteiger partial charge in [-0.15, -0.1) is 0 Å². The van der Waals surface area contributed by atoms with Crippen molar-refractivity contribution < 1.29 is 14.8 Å². The molecule has 2 N–H and O–H groups in total. The van der Waals surface area contributed by atoms with Gasteiger partial charge in [0.15, 0.2) is 6.54 Å². The Labute approximate surface area is 41.7 Å². The maximum absolute atomic E-state index is 10.2. The molecule has 0 aromatic heterocycles. The van der Waals surface area contributed by atoms with E-state index in [0.29, 0.717) is 13.2 Å². The van der Waals surface area contributed by atoms with E-state index < -0.39 is 0 Å². The fourth-order valence-electron chi connectivity index (χ4n) is 0.535. The molecule has 0 aliphatic carbocycles. The van der Waals surface area contributed by atoms with Crippen LogP contribution >= 0.6 is 0 Å². The fraction of sp³-hybridized carbons (Fsp3) is 0.750. The van der Waals surface area contributed by atoms with Gasteiger partial charge in [-0.2, -0.15) is 0 Å². The minimum Gasteiger partial charge on any atom is -0.456 e. The number of quaternary nitrogens is 1. The van der Waals surface area contributed by atoms with E-state index in [1.54, 1.807) is 0 Å². The third kappa shape index (κ3) is 1.16. The molecule has 0 saturated carbocycles. The molecule has 0 unspecified atom stereocenters. The third-order valence-corrected chi connectivity index (χ3v) is 0.896. The number of esters is 1. The van der Waals surface area contributed by atoms with E-state index in [9.17, 15) is 4.79 Å². The van der Waals surface area contributed by atoms with Crippen LogP contribution in [0.4, 0.5) is 0 Å². The molecular weight excluding hydrogens is 94.0 g/mol. The minimum absolute atomic E-state index is 0.0914. The van der Waals surface area contributed by atoms with Crippen molar-refractivity contribution in [1.29, 1.82) is 0 Å². The van der Waals surface area contributed by atoms with Crippen LogP contribution in [0.15, 0.2) is 0 Å². The van der Waals surface area contributed by atoms with Gasteiger partial charge in [0.25, 0.3) is 0 Å². The van der Waals surface area contributed by atoms with Gasteiger partial charge in [0.2, 0.25) is 0 Å². The molecule has 1 heterocycles. The van der Waals surface area contributed by atoms with E-state index >= 15 is 0 Å². The first-order chi connectivity index (χ1) is 3.39. The minimum atomic E-state index is -0.0914. The van der Waals surface area contributed by atoms with E-state index in [1.807, 2.05) is 5.32 Å². The molecule has 1 fully saturated rings. The lowest BCUT2D eigenvalue weighted by Crippen LogP contribution is -2.89. The lowest BCUT2D eigenvalue weighted by Gasteiger charge is -2.07. The summed E-state index contributed by atoms with van der Waals surface area (Å²) in [4.78, 5) is 10.2. The molecule has 40 valence electrons. The van der Waals surface area contributed by atoms with Crippen molar-refractivity contribution in [1.82, 2.24) is 0 Å². The second-order valence-corrected chi connectivity index (χ2v) is 1.50. The standard InChI is InChI=1S/C4H7NO2/c6-4-3-5-1-2-7-4/h5H,1-3H2/p+1. The molecule has 1 aliphatic heterocycles. The van der Waals surface area contributed by atoms with Crippen molar-refractivity contribution in [3.8, 4) is 0 Å². The summed E-state index contributed by atoms with van der Waals surface area (Å²) in [5.41, 5.74) is 0. The number of morpholine rings is 1. The predicted octanol–water partition coefficient (Wildman–Crippen LogP) is -1.89.